The Hall–Kier alpha value is -0.920. The Labute approximate surface area is 164 Å². The summed E-state index contributed by atoms with van der Waals surface area (Å²) in [5, 5.41) is 0. The summed E-state index contributed by atoms with van der Waals surface area (Å²) in [6.07, 6.45) is 29.5. The summed E-state index contributed by atoms with van der Waals surface area (Å²) >= 11 is 0. The van der Waals surface area contributed by atoms with Gasteiger partial charge in [-0.15, -0.1) is 6.58 Å². The third-order valence-electron chi connectivity index (χ3n) is 5.51. The van der Waals surface area contributed by atoms with E-state index in [1.54, 1.807) is 0 Å². The first-order chi connectivity index (χ1) is 12.9. The molecule has 0 aromatic rings. The quantitative estimate of drug-likeness (QED) is 0.173. The lowest BCUT2D eigenvalue weighted by Crippen LogP contribution is -2.26. The van der Waals surface area contributed by atoms with Crippen LogP contribution in [0.3, 0.4) is 0 Å². The maximum absolute atomic E-state index is 3.80. The van der Waals surface area contributed by atoms with E-state index in [9.17, 15) is 0 Å². The van der Waals surface area contributed by atoms with Gasteiger partial charge in [-0.2, -0.15) is 0 Å². The van der Waals surface area contributed by atoms with Gasteiger partial charge in [-0.25, -0.2) is 0 Å². The smallest absolute Gasteiger partial charge is 0.0896 e. The molecule has 0 aromatic heterocycles. The molecule has 0 saturated heterocycles. The van der Waals surface area contributed by atoms with E-state index in [1.807, 2.05) is 6.08 Å². The summed E-state index contributed by atoms with van der Waals surface area (Å²) in [5.41, 5.74) is 0. The van der Waals surface area contributed by atoms with Crippen LogP contribution < -0.4 is 0 Å². The van der Waals surface area contributed by atoms with Crippen molar-refractivity contribution in [2.75, 3.05) is 19.8 Å². The van der Waals surface area contributed by atoms with Crippen LogP contribution in [0.5, 0.6) is 0 Å². The molecular formula is C24H46N2. The van der Waals surface area contributed by atoms with E-state index in [0.717, 1.165) is 13.2 Å². The van der Waals surface area contributed by atoms with E-state index in [-0.39, 0.29) is 0 Å². The third-order valence-corrected chi connectivity index (χ3v) is 5.51. The van der Waals surface area contributed by atoms with Crippen molar-refractivity contribution in [3.63, 3.8) is 0 Å². The van der Waals surface area contributed by atoms with Crippen molar-refractivity contribution in [2.24, 2.45) is 0 Å². The third kappa shape index (κ3) is 13.3. The van der Waals surface area contributed by atoms with Crippen molar-refractivity contribution in [1.82, 2.24) is 9.80 Å². The Bertz CT molecular complexity index is 337. The molecule has 152 valence electrons. The van der Waals surface area contributed by atoms with Gasteiger partial charge in [-0.05, 0) is 6.42 Å². The summed E-state index contributed by atoms with van der Waals surface area (Å²) < 4.78 is 0. The van der Waals surface area contributed by atoms with Crippen LogP contribution in [-0.4, -0.2) is 29.6 Å². The molecule has 2 heteroatoms. The summed E-state index contributed by atoms with van der Waals surface area (Å²) in [7, 11) is 0. The van der Waals surface area contributed by atoms with Crippen LogP contribution in [0.25, 0.3) is 0 Å². The molecule has 1 rings (SSSR count). The molecule has 0 radical (unpaired) electrons. The van der Waals surface area contributed by atoms with Crippen LogP contribution >= 0.6 is 0 Å². The molecule has 1 heterocycles. The van der Waals surface area contributed by atoms with Gasteiger partial charge in [0.25, 0.3) is 0 Å². The number of hydrogen-bond donors (Lipinski definition) is 0. The molecule has 0 amide bonds. The lowest BCUT2D eigenvalue weighted by molar-refractivity contribution is 0.276. The van der Waals surface area contributed by atoms with Gasteiger partial charge in [-0.1, -0.05) is 109 Å². The van der Waals surface area contributed by atoms with Gasteiger partial charge in [0.1, 0.15) is 0 Å². The fraction of sp³-hybridized carbons (Fsp3) is 0.833. The van der Waals surface area contributed by atoms with Crippen molar-refractivity contribution < 1.29 is 0 Å². The predicted octanol–water partition coefficient (Wildman–Crippen LogP) is 7.48. The van der Waals surface area contributed by atoms with Gasteiger partial charge >= 0.3 is 0 Å². The molecule has 1 aliphatic rings. The average molecular weight is 363 g/mol. The van der Waals surface area contributed by atoms with E-state index >= 15 is 0 Å². The highest BCUT2D eigenvalue weighted by Gasteiger charge is 2.09. The molecule has 1 aliphatic heterocycles. The Morgan fingerprint density at radius 2 is 1.08 bits per heavy atom. The lowest BCUT2D eigenvalue weighted by atomic mass is 10.0. The number of unbranched alkanes of at least 4 members (excludes halogenated alkanes) is 15. The Balaban J connectivity index is 1.71. The Morgan fingerprint density at radius 3 is 1.54 bits per heavy atom. The van der Waals surface area contributed by atoms with Crippen molar-refractivity contribution in [3.8, 4) is 0 Å². The zero-order valence-electron chi connectivity index (χ0n) is 17.8. The van der Waals surface area contributed by atoms with Crippen LogP contribution in [0.4, 0.5) is 0 Å². The summed E-state index contributed by atoms with van der Waals surface area (Å²) in [6.45, 7) is 9.32. The molecule has 0 N–H and O–H groups in total. The maximum atomic E-state index is 3.80. The fourth-order valence-electron chi connectivity index (χ4n) is 3.81. The van der Waals surface area contributed by atoms with Gasteiger partial charge in [0.15, 0.2) is 0 Å². The standard InChI is InChI=1S/C24H46N2/c1-3-5-6-7-8-9-10-11-12-13-14-15-16-17-18-19-21-26-23-22-25(24-26)20-4-2/h4,22-23H,2-3,5-21,24H2,1H3. The van der Waals surface area contributed by atoms with Crippen molar-refractivity contribution in [3.05, 3.63) is 25.1 Å². The average Bonchev–Trinajstić information content (AvgIpc) is 3.09. The zero-order valence-corrected chi connectivity index (χ0v) is 17.8. The minimum atomic E-state index is 0.964. The van der Waals surface area contributed by atoms with E-state index in [2.05, 4.69) is 35.7 Å². The molecule has 26 heavy (non-hydrogen) atoms. The van der Waals surface area contributed by atoms with Gasteiger partial charge < -0.3 is 9.80 Å². The van der Waals surface area contributed by atoms with Gasteiger partial charge in [0.2, 0.25) is 0 Å². The highest BCUT2D eigenvalue weighted by atomic mass is 15.3. The number of rotatable bonds is 19. The number of hydrogen-bond acceptors (Lipinski definition) is 2. The highest BCUT2D eigenvalue weighted by molar-refractivity contribution is 4.92. The topological polar surface area (TPSA) is 6.48 Å². The van der Waals surface area contributed by atoms with E-state index < -0.39 is 0 Å². The highest BCUT2D eigenvalue weighted by Crippen LogP contribution is 2.14. The molecular weight excluding hydrogens is 316 g/mol. The molecule has 0 aromatic carbocycles. The van der Waals surface area contributed by atoms with Gasteiger partial charge in [0.05, 0.1) is 6.67 Å². The van der Waals surface area contributed by atoms with Crippen LogP contribution in [0.15, 0.2) is 25.1 Å². The van der Waals surface area contributed by atoms with Crippen molar-refractivity contribution in [1.29, 1.82) is 0 Å². The van der Waals surface area contributed by atoms with Gasteiger partial charge in [-0.3, -0.25) is 0 Å². The van der Waals surface area contributed by atoms with Crippen LogP contribution in [0.2, 0.25) is 0 Å². The molecule has 0 atom stereocenters. The van der Waals surface area contributed by atoms with E-state index in [4.69, 9.17) is 0 Å². The molecule has 0 unspecified atom stereocenters. The molecule has 0 bridgehead atoms. The minimum absolute atomic E-state index is 0.964. The second-order valence-corrected chi connectivity index (χ2v) is 8.12. The summed E-state index contributed by atoms with van der Waals surface area (Å²) in [5.74, 6) is 0. The second-order valence-electron chi connectivity index (χ2n) is 8.12. The number of nitrogens with zero attached hydrogens (tertiary/aromatic N) is 2. The molecule has 0 aliphatic carbocycles. The van der Waals surface area contributed by atoms with Crippen LogP contribution in [0, 0.1) is 0 Å². The first-order valence-electron chi connectivity index (χ1n) is 11.6. The molecule has 0 fully saturated rings. The van der Waals surface area contributed by atoms with E-state index in [0.29, 0.717) is 0 Å². The predicted molar refractivity (Wildman–Crippen MR) is 117 cm³/mol. The second kappa shape index (κ2) is 17.5. The molecule has 2 nitrogen and oxygen atoms in total. The lowest BCUT2D eigenvalue weighted by Gasteiger charge is -2.19. The normalized spacial score (nSPS) is 13.7. The fourth-order valence-corrected chi connectivity index (χ4v) is 3.81. The monoisotopic (exact) mass is 362 g/mol. The van der Waals surface area contributed by atoms with Crippen molar-refractivity contribution >= 4 is 0 Å². The summed E-state index contributed by atoms with van der Waals surface area (Å²) in [4.78, 5) is 4.73. The largest absolute Gasteiger partial charge is 0.359 e. The van der Waals surface area contributed by atoms with Crippen LogP contribution in [0.1, 0.15) is 110 Å². The van der Waals surface area contributed by atoms with Crippen molar-refractivity contribution in [2.45, 2.75) is 110 Å². The first-order valence-corrected chi connectivity index (χ1v) is 11.6. The Kier molecular flexibility index (Phi) is 15.6. The van der Waals surface area contributed by atoms with Gasteiger partial charge in [0, 0.05) is 25.5 Å². The van der Waals surface area contributed by atoms with Crippen LogP contribution in [-0.2, 0) is 0 Å². The first kappa shape index (κ1) is 23.1. The maximum Gasteiger partial charge on any atom is 0.0896 e. The zero-order chi connectivity index (χ0) is 18.7. The molecule has 0 spiro atoms. The molecule has 0 saturated carbocycles. The Morgan fingerprint density at radius 1 is 0.654 bits per heavy atom. The van der Waals surface area contributed by atoms with E-state index in [1.165, 1.54) is 109 Å². The summed E-state index contributed by atoms with van der Waals surface area (Å²) in [6, 6.07) is 0. The minimum Gasteiger partial charge on any atom is -0.359 e. The SMILES string of the molecule is C=CCN1C=CN(CCCCCCCCCCCCCCCCCC)C1.